The summed E-state index contributed by atoms with van der Waals surface area (Å²) >= 11 is 0. The number of rotatable bonds is 7. The summed E-state index contributed by atoms with van der Waals surface area (Å²) in [7, 11) is 0. The summed E-state index contributed by atoms with van der Waals surface area (Å²) in [6, 6.07) is 5.59. The number of oxime groups is 1. The van der Waals surface area contributed by atoms with E-state index in [1.807, 2.05) is 0 Å². The Morgan fingerprint density at radius 2 is 1.86 bits per heavy atom. The van der Waals surface area contributed by atoms with Gasteiger partial charge in [0.05, 0.1) is 47.1 Å². The number of non-ortho nitro benzene ring substituents is 1. The van der Waals surface area contributed by atoms with Crippen LogP contribution in [0.3, 0.4) is 0 Å². The van der Waals surface area contributed by atoms with Crippen LogP contribution in [0.25, 0.3) is 0 Å². The number of nitro benzene ring substituents is 1. The number of carbonyl (C=O) groups is 2. The number of benzene rings is 1. The molecule has 1 aliphatic rings. The molecule has 10 nitrogen and oxygen atoms in total. The lowest BCUT2D eigenvalue weighted by Crippen LogP contribution is -2.34. The average Bonchev–Trinajstić information content (AvgIpc) is 2.68. The maximum Gasteiger partial charge on any atom is 0.337 e. The van der Waals surface area contributed by atoms with E-state index in [9.17, 15) is 19.7 Å². The standard InChI is InChI=1S/C19H21N3O7/c1-4-28-18(23)15-11(3)21-14(10-20-25)17(19(24)29-5-2)16(15)12-7-6-8-13(9-12)22(26)27/h6-10,16,21,25H,4-5H2,1-3H3. The van der Waals surface area contributed by atoms with Gasteiger partial charge in [0, 0.05) is 17.8 Å². The van der Waals surface area contributed by atoms with Crippen molar-refractivity contribution >= 4 is 23.8 Å². The second-order valence-electron chi connectivity index (χ2n) is 5.96. The quantitative estimate of drug-likeness (QED) is 0.232. The highest BCUT2D eigenvalue weighted by Crippen LogP contribution is 2.39. The van der Waals surface area contributed by atoms with Crippen molar-refractivity contribution in [3.8, 4) is 0 Å². The van der Waals surface area contributed by atoms with E-state index < -0.39 is 22.8 Å². The first-order valence-electron chi connectivity index (χ1n) is 8.83. The van der Waals surface area contributed by atoms with Crippen LogP contribution >= 0.6 is 0 Å². The van der Waals surface area contributed by atoms with Gasteiger partial charge in [0.15, 0.2) is 0 Å². The van der Waals surface area contributed by atoms with Crippen molar-refractivity contribution in [2.45, 2.75) is 26.7 Å². The van der Waals surface area contributed by atoms with Gasteiger partial charge in [0.1, 0.15) is 0 Å². The fraction of sp³-hybridized carbons (Fsp3) is 0.316. The van der Waals surface area contributed by atoms with Crippen LogP contribution in [0.4, 0.5) is 5.69 Å². The van der Waals surface area contributed by atoms with Gasteiger partial charge < -0.3 is 20.0 Å². The summed E-state index contributed by atoms with van der Waals surface area (Å²) in [4.78, 5) is 36.1. The maximum atomic E-state index is 12.7. The molecule has 0 radical (unpaired) electrons. The number of hydrogen-bond acceptors (Lipinski definition) is 9. The van der Waals surface area contributed by atoms with Gasteiger partial charge in [0.2, 0.25) is 0 Å². The monoisotopic (exact) mass is 403 g/mol. The van der Waals surface area contributed by atoms with E-state index in [1.165, 1.54) is 18.2 Å². The molecule has 0 fully saturated rings. The second kappa shape index (κ2) is 9.49. The molecule has 1 atom stereocenters. The Kier molecular flexibility index (Phi) is 7.07. The Bertz CT molecular complexity index is 918. The topological polar surface area (TPSA) is 140 Å². The predicted molar refractivity (Wildman–Crippen MR) is 102 cm³/mol. The SMILES string of the molecule is CCOC(=O)C1=C(C)NC(C=NO)=C(C(=O)OCC)C1c1cccc([N+](=O)[O-])c1. The summed E-state index contributed by atoms with van der Waals surface area (Å²) in [5, 5.41) is 26.1. The van der Waals surface area contributed by atoms with Crippen LogP contribution in [-0.4, -0.2) is 41.5 Å². The normalized spacial score (nSPS) is 16.6. The van der Waals surface area contributed by atoms with E-state index in [0.29, 0.717) is 11.3 Å². The van der Waals surface area contributed by atoms with Gasteiger partial charge in [0.25, 0.3) is 5.69 Å². The number of nitro groups is 1. The number of hydrogen-bond donors (Lipinski definition) is 2. The van der Waals surface area contributed by atoms with Crippen molar-refractivity contribution < 1.29 is 29.2 Å². The number of esters is 2. The third-order valence-electron chi connectivity index (χ3n) is 4.19. The molecule has 1 aliphatic heterocycles. The van der Waals surface area contributed by atoms with Crippen molar-refractivity contribution in [2.75, 3.05) is 13.2 Å². The van der Waals surface area contributed by atoms with Crippen molar-refractivity contribution in [1.29, 1.82) is 0 Å². The highest BCUT2D eigenvalue weighted by molar-refractivity contribution is 6.04. The number of carbonyl (C=O) groups excluding carboxylic acids is 2. The molecule has 1 aromatic carbocycles. The molecule has 2 rings (SSSR count). The molecule has 0 saturated carbocycles. The molecule has 1 aromatic rings. The summed E-state index contributed by atoms with van der Waals surface area (Å²) in [6.07, 6.45) is 1.00. The lowest BCUT2D eigenvalue weighted by molar-refractivity contribution is -0.384. The van der Waals surface area contributed by atoms with Crippen LogP contribution in [0.1, 0.15) is 32.3 Å². The maximum absolute atomic E-state index is 12.7. The Morgan fingerprint density at radius 3 is 2.41 bits per heavy atom. The smallest absolute Gasteiger partial charge is 0.337 e. The zero-order valence-corrected chi connectivity index (χ0v) is 16.2. The van der Waals surface area contributed by atoms with E-state index in [2.05, 4.69) is 10.5 Å². The van der Waals surface area contributed by atoms with Crippen LogP contribution in [0.2, 0.25) is 0 Å². The van der Waals surface area contributed by atoms with Gasteiger partial charge in [-0.05, 0) is 26.3 Å². The van der Waals surface area contributed by atoms with Crippen LogP contribution in [0, 0.1) is 10.1 Å². The van der Waals surface area contributed by atoms with Gasteiger partial charge in [-0.1, -0.05) is 17.3 Å². The third-order valence-corrected chi connectivity index (χ3v) is 4.19. The Balaban J connectivity index is 2.78. The lowest BCUT2D eigenvalue weighted by Gasteiger charge is -2.30. The fourth-order valence-corrected chi connectivity index (χ4v) is 3.08. The first kappa shape index (κ1) is 21.6. The molecular formula is C19H21N3O7. The van der Waals surface area contributed by atoms with Crippen molar-refractivity contribution in [3.05, 3.63) is 62.5 Å². The zero-order chi connectivity index (χ0) is 21.6. The molecule has 0 bridgehead atoms. The number of allylic oxidation sites excluding steroid dienone is 2. The molecule has 1 heterocycles. The molecule has 0 amide bonds. The van der Waals surface area contributed by atoms with Gasteiger partial charge >= 0.3 is 11.9 Å². The molecule has 154 valence electrons. The number of nitrogens with one attached hydrogen (secondary N) is 1. The molecular weight excluding hydrogens is 382 g/mol. The number of dihydropyridines is 1. The molecule has 0 aliphatic carbocycles. The number of ether oxygens (including phenoxy) is 2. The second-order valence-corrected chi connectivity index (χ2v) is 5.96. The van der Waals surface area contributed by atoms with E-state index in [0.717, 1.165) is 6.21 Å². The van der Waals surface area contributed by atoms with Crippen molar-refractivity contribution in [3.63, 3.8) is 0 Å². The van der Waals surface area contributed by atoms with E-state index in [-0.39, 0.29) is 35.7 Å². The first-order chi connectivity index (χ1) is 13.8. The minimum absolute atomic E-state index is 0.0289. The lowest BCUT2D eigenvalue weighted by atomic mass is 9.80. The van der Waals surface area contributed by atoms with Crippen LogP contribution < -0.4 is 5.32 Å². The van der Waals surface area contributed by atoms with E-state index in [4.69, 9.17) is 14.7 Å². The Morgan fingerprint density at radius 1 is 1.24 bits per heavy atom. The zero-order valence-electron chi connectivity index (χ0n) is 16.2. The molecule has 0 aromatic heterocycles. The predicted octanol–water partition coefficient (Wildman–Crippen LogP) is 2.40. The highest BCUT2D eigenvalue weighted by atomic mass is 16.6. The van der Waals surface area contributed by atoms with Gasteiger partial charge in [-0.25, -0.2) is 9.59 Å². The molecule has 0 saturated heterocycles. The van der Waals surface area contributed by atoms with Crippen LogP contribution in [-0.2, 0) is 19.1 Å². The minimum Gasteiger partial charge on any atom is -0.463 e. The molecule has 29 heavy (non-hydrogen) atoms. The highest BCUT2D eigenvalue weighted by Gasteiger charge is 2.39. The summed E-state index contributed by atoms with van der Waals surface area (Å²) < 4.78 is 10.3. The molecule has 0 spiro atoms. The van der Waals surface area contributed by atoms with Gasteiger partial charge in [-0.2, -0.15) is 0 Å². The molecule has 10 heteroatoms. The Labute approximate surface area is 166 Å². The van der Waals surface area contributed by atoms with Crippen molar-refractivity contribution in [1.82, 2.24) is 5.32 Å². The number of nitrogens with zero attached hydrogens (tertiary/aromatic N) is 2. The first-order valence-corrected chi connectivity index (χ1v) is 8.83. The molecule has 2 N–H and O–H groups in total. The van der Waals surface area contributed by atoms with Gasteiger partial charge in [-0.15, -0.1) is 0 Å². The summed E-state index contributed by atoms with van der Waals surface area (Å²) in [6.45, 7) is 5.00. The largest absolute Gasteiger partial charge is 0.463 e. The third kappa shape index (κ3) is 4.60. The summed E-state index contributed by atoms with van der Waals surface area (Å²) in [5.41, 5.74) is 0.637. The minimum atomic E-state index is -1.03. The van der Waals surface area contributed by atoms with Crippen LogP contribution in [0.15, 0.2) is 52.0 Å². The fourth-order valence-electron chi connectivity index (χ4n) is 3.08. The van der Waals surface area contributed by atoms with E-state index >= 15 is 0 Å². The van der Waals surface area contributed by atoms with Gasteiger partial charge in [-0.3, -0.25) is 10.1 Å². The summed E-state index contributed by atoms with van der Waals surface area (Å²) in [5.74, 6) is -2.47. The molecule has 1 unspecified atom stereocenters. The van der Waals surface area contributed by atoms with E-state index in [1.54, 1.807) is 26.8 Å². The van der Waals surface area contributed by atoms with Crippen molar-refractivity contribution in [2.24, 2.45) is 5.16 Å². The average molecular weight is 403 g/mol. The van der Waals surface area contributed by atoms with Crippen LogP contribution in [0.5, 0.6) is 0 Å². The Hall–Kier alpha value is -3.69.